The summed E-state index contributed by atoms with van der Waals surface area (Å²) >= 11 is 0. The summed E-state index contributed by atoms with van der Waals surface area (Å²) in [7, 11) is 1.98. The summed E-state index contributed by atoms with van der Waals surface area (Å²) in [5.74, 6) is 0. The quantitative estimate of drug-likeness (QED) is 0.814. The lowest BCUT2D eigenvalue weighted by Gasteiger charge is -2.28. The Morgan fingerprint density at radius 3 is 3.00 bits per heavy atom. The fraction of sp³-hybridized carbons (Fsp3) is 0.727. The monoisotopic (exact) mass is 209 g/mol. The van der Waals surface area contributed by atoms with Gasteiger partial charge in [-0.15, -0.1) is 0 Å². The molecule has 84 valence electrons. The molecule has 15 heavy (non-hydrogen) atoms. The highest BCUT2D eigenvalue weighted by Gasteiger charge is 2.22. The van der Waals surface area contributed by atoms with E-state index in [1.54, 1.807) is 6.33 Å². The van der Waals surface area contributed by atoms with Crippen LogP contribution in [0.2, 0.25) is 0 Å². The number of ether oxygens (including phenoxy) is 1. The molecule has 0 aromatic carbocycles. The molecule has 2 atom stereocenters. The van der Waals surface area contributed by atoms with Crippen LogP contribution in [0, 0.1) is 0 Å². The molecular weight excluding hydrogens is 190 g/mol. The average Bonchev–Trinajstić information content (AvgIpc) is 2.63. The van der Waals surface area contributed by atoms with Gasteiger partial charge in [0, 0.05) is 13.1 Å². The van der Waals surface area contributed by atoms with Crippen LogP contribution in [0.3, 0.4) is 0 Å². The Kier molecular flexibility index (Phi) is 3.38. The molecule has 0 bridgehead atoms. The molecular formula is C11H19N3O. The summed E-state index contributed by atoms with van der Waals surface area (Å²) in [6.45, 7) is 0.620. The van der Waals surface area contributed by atoms with Crippen LogP contribution >= 0.6 is 0 Å². The first-order valence-corrected chi connectivity index (χ1v) is 5.60. The zero-order chi connectivity index (χ0) is 10.7. The van der Waals surface area contributed by atoms with Crippen molar-refractivity contribution in [1.82, 2.24) is 9.55 Å². The van der Waals surface area contributed by atoms with Gasteiger partial charge in [-0.2, -0.15) is 0 Å². The van der Waals surface area contributed by atoms with Crippen molar-refractivity contribution in [3.05, 3.63) is 18.2 Å². The zero-order valence-corrected chi connectivity index (χ0v) is 9.22. The summed E-state index contributed by atoms with van der Waals surface area (Å²) in [6.07, 6.45) is 8.54. The topological polar surface area (TPSA) is 53.1 Å². The number of hydrogen-bond donors (Lipinski definition) is 1. The smallest absolute Gasteiger partial charge is 0.0946 e. The minimum absolute atomic E-state index is 0.215. The van der Waals surface area contributed by atoms with Gasteiger partial charge in [-0.25, -0.2) is 4.98 Å². The summed E-state index contributed by atoms with van der Waals surface area (Å²) in [6, 6.07) is 0.215. The number of nitrogens with two attached hydrogens (primary N) is 1. The molecule has 1 aromatic rings. The van der Waals surface area contributed by atoms with Crippen molar-refractivity contribution in [2.45, 2.75) is 44.4 Å². The van der Waals surface area contributed by atoms with E-state index in [-0.39, 0.29) is 12.1 Å². The van der Waals surface area contributed by atoms with Gasteiger partial charge in [-0.05, 0) is 12.8 Å². The van der Waals surface area contributed by atoms with Gasteiger partial charge >= 0.3 is 0 Å². The minimum atomic E-state index is 0.215. The Morgan fingerprint density at radius 1 is 1.53 bits per heavy atom. The normalized spacial score (nSPS) is 26.8. The van der Waals surface area contributed by atoms with Crippen molar-refractivity contribution in [3.8, 4) is 0 Å². The molecule has 0 radical (unpaired) electrons. The molecule has 2 rings (SSSR count). The summed E-state index contributed by atoms with van der Waals surface area (Å²) in [5.41, 5.74) is 7.11. The van der Waals surface area contributed by atoms with E-state index in [1.807, 2.05) is 17.8 Å². The number of rotatable bonds is 3. The van der Waals surface area contributed by atoms with E-state index in [0.717, 1.165) is 18.5 Å². The first-order valence-electron chi connectivity index (χ1n) is 5.60. The molecule has 0 spiro atoms. The van der Waals surface area contributed by atoms with Gasteiger partial charge in [0.15, 0.2) is 0 Å². The Morgan fingerprint density at radius 2 is 2.33 bits per heavy atom. The molecule has 1 aliphatic carbocycles. The molecule has 4 nitrogen and oxygen atoms in total. The second kappa shape index (κ2) is 4.77. The van der Waals surface area contributed by atoms with E-state index in [1.165, 1.54) is 12.8 Å². The maximum absolute atomic E-state index is 6.01. The molecule has 4 heteroatoms. The first-order chi connectivity index (χ1) is 7.27. The third-order valence-corrected chi connectivity index (χ3v) is 3.12. The van der Waals surface area contributed by atoms with Gasteiger partial charge in [0.1, 0.15) is 0 Å². The largest absolute Gasteiger partial charge is 0.370 e. The maximum Gasteiger partial charge on any atom is 0.0946 e. The van der Waals surface area contributed by atoms with Crippen molar-refractivity contribution in [1.29, 1.82) is 0 Å². The Hall–Kier alpha value is -0.870. The number of aromatic nitrogens is 2. The molecule has 0 aliphatic heterocycles. The lowest BCUT2D eigenvalue weighted by molar-refractivity contribution is 0.00164. The van der Waals surface area contributed by atoms with Crippen LogP contribution < -0.4 is 5.73 Å². The molecule has 1 aliphatic rings. The predicted octanol–water partition coefficient (Wildman–Crippen LogP) is 1.21. The second-order valence-corrected chi connectivity index (χ2v) is 4.29. The number of nitrogens with zero attached hydrogens (tertiary/aromatic N) is 2. The maximum atomic E-state index is 6.01. The molecule has 0 saturated heterocycles. The van der Waals surface area contributed by atoms with E-state index < -0.39 is 0 Å². The highest BCUT2D eigenvalue weighted by Crippen LogP contribution is 2.20. The van der Waals surface area contributed by atoms with Gasteiger partial charge in [0.25, 0.3) is 0 Å². The van der Waals surface area contributed by atoms with Gasteiger partial charge in [0.05, 0.1) is 30.9 Å². The summed E-state index contributed by atoms with van der Waals surface area (Å²) in [5, 5.41) is 0. The standard InChI is InChI=1S/C11H19N3O/c1-14-8-13-6-9(14)7-15-11-5-3-2-4-10(11)12/h6,8,10-11H,2-5,7,12H2,1H3. The van der Waals surface area contributed by atoms with Crippen LogP contribution in [0.15, 0.2) is 12.5 Å². The zero-order valence-electron chi connectivity index (χ0n) is 9.22. The van der Waals surface area contributed by atoms with Crippen LogP contribution in [0.1, 0.15) is 31.4 Å². The third-order valence-electron chi connectivity index (χ3n) is 3.12. The Balaban J connectivity index is 1.84. The second-order valence-electron chi connectivity index (χ2n) is 4.29. The lowest BCUT2D eigenvalue weighted by Crippen LogP contribution is -2.39. The summed E-state index contributed by atoms with van der Waals surface area (Å²) in [4.78, 5) is 4.06. The molecule has 2 unspecified atom stereocenters. The Bertz CT molecular complexity index is 311. The van der Waals surface area contributed by atoms with Gasteiger partial charge in [-0.1, -0.05) is 12.8 Å². The van der Waals surface area contributed by atoms with E-state index in [4.69, 9.17) is 10.5 Å². The van der Waals surface area contributed by atoms with Crippen molar-refractivity contribution in [2.24, 2.45) is 12.8 Å². The van der Waals surface area contributed by atoms with Crippen LogP contribution in [0.5, 0.6) is 0 Å². The number of aryl methyl sites for hydroxylation is 1. The van der Waals surface area contributed by atoms with Crippen LogP contribution in [0.25, 0.3) is 0 Å². The average molecular weight is 209 g/mol. The fourth-order valence-corrected chi connectivity index (χ4v) is 2.05. The van der Waals surface area contributed by atoms with Crippen molar-refractivity contribution in [3.63, 3.8) is 0 Å². The number of imidazole rings is 1. The molecule has 0 amide bonds. The van der Waals surface area contributed by atoms with E-state index in [2.05, 4.69) is 4.98 Å². The molecule has 1 saturated carbocycles. The van der Waals surface area contributed by atoms with Crippen molar-refractivity contribution < 1.29 is 4.74 Å². The van der Waals surface area contributed by atoms with Crippen molar-refractivity contribution >= 4 is 0 Å². The van der Waals surface area contributed by atoms with E-state index in [0.29, 0.717) is 6.61 Å². The van der Waals surface area contributed by atoms with Gasteiger partial charge in [-0.3, -0.25) is 0 Å². The third kappa shape index (κ3) is 2.58. The lowest BCUT2D eigenvalue weighted by atomic mass is 9.93. The molecule has 1 aromatic heterocycles. The van der Waals surface area contributed by atoms with Gasteiger partial charge in [0.2, 0.25) is 0 Å². The highest BCUT2D eigenvalue weighted by atomic mass is 16.5. The minimum Gasteiger partial charge on any atom is -0.370 e. The number of hydrogen-bond acceptors (Lipinski definition) is 3. The first kappa shape index (κ1) is 10.6. The van der Waals surface area contributed by atoms with E-state index >= 15 is 0 Å². The fourth-order valence-electron chi connectivity index (χ4n) is 2.05. The van der Waals surface area contributed by atoms with E-state index in [9.17, 15) is 0 Å². The van der Waals surface area contributed by atoms with Crippen LogP contribution in [-0.2, 0) is 18.4 Å². The Labute approximate surface area is 90.4 Å². The van der Waals surface area contributed by atoms with Crippen LogP contribution in [-0.4, -0.2) is 21.7 Å². The van der Waals surface area contributed by atoms with Crippen LogP contribution in [0.4, 0.5) is 0 Å². The highest BCUT2D eigenvalue weighted by molar-refractivity contribution is 4.95. The molecule has 2 N–H and O–H groups in total. The van der Waals surface area contributed by atoms with Gasteiger partial charge < -0.3 is 15.0 Å². The predicted molar refractivity (Wildman–Crippen MR) is 58.2 cm³/mol. The SMILES string of the molecule is Cn1cncc1COC1CCCCC1N. The molecule has 1 fully saturated rings. The summed E-state index contributed by atoms with van der Waals surface area (Å²) < 4.78 is 7.82. The van der Waals surface area contributed by atoms with Crippen molar-refractivity contribution in [2.75, 3.05) is 0 Å². The molecule has 1 heterocycles.